The Morgan fingerprint density at radius 3 is 2.88 bits per heavy atom. The molecule has 2 amide bonds. The van der Waals surface area contributed by atoms with Crippen molar-refractivity contribution in [3.8, 4) is 0 Å². The van der Waals surface area contributed by atoms with Crippen molar-refractivity contribution in [3.05, 3.63) is 0 Å². The van der Waals surface area contributed by atoms with E-state index in [0.29, 0.717) is 18.9 Å². The van der Waals surface area contributed by atoms with Crippen molar-refractivity contribution in [1.82, 2.24) is 10.2 Å². The van der Waals surface area contributed by atoms with Crippen LogP contribution in [0.1, 0.15) is 45.4 Å². The average Bonchev–Trinajstić information content (AvgIpc) is 2.75. The van der Waals surface area contributed by atoms with Crippen molar-refractivity contribution >= 4 is 11.8 Å². The Morgan fingerprint density at radius 2 is 2.25 bits per heavy atom. The lowest BCUT2D eigenvalue weighted by Gasteiger charge is -2.36. The Kier molecular flexibility index (Phi) is 3.46. The van der Waals surface area contributed by atoms with Crippen LogP contribution in [0.3, 0.4) is 0 Å². The van der Waals surface area contributed by atoms with E-state index in [9.17, 15) is 9.59 Å². The second-order valence-electron chi connectivity index (χ2n) is 4.75. The fraction of sp³-hybridized carbons (Fsp3) is 0.833. The highest BCUT2D eigenvalue weighted by atomic mass is 16.2. The van der Waals surface area contributed by atoms with Crippen molar-refractivity contribution < 1.29 is 9.59 Å². The third-order valence-corrected chi connectivity index (χ3v) is 3.67. The van der Waals surface area contributed by atoms with E-state index in [1.54, 1.807) is 0 Å². The van der Waals surface area contributed by atoms with Crippen LogP contribution in [0.4, 0.5) is 0 Å². The molecule has 2 heterocycles. The van der Waals surface area contributed by atoms with E-state index in [0.717, 1.165) is 25.8 Å². The summed E-state index contributed by atoms with van der Waals surface area (Å²) in [5, 5.41) is 2.77. The minimum Gasteiger partial charge on any atom is -0.344 e. The van der Waals surface area contributed by atoms with E-state index in [2.05, 4.69) is 12.2 Å². The van der Waals surface area contributed by atoms with Crippen LogP contribution >= 0.6 is 0 Å². The Morgan fingerprint density at radius 1 is 1.44 bits per heavy atom. The summed E-state index contributed by atoms with van der Waals surface area (Å²) < 4.78 is 0. The van der Waals surface area contributed by atoms with Crippen molar-refractivity contribution in [3.63, 3.8) is 0 Å². The first-order valence-corrected chi connectivity index (χ1v) is 6.32. The SMILES string of the molecule is CCC1CCCCN1C(=O)C1CCC(=O)N1. The lowest BCUT2D eigenvalue weighted by molar-refractivity contribution is -0.137. The minimum atomic E-state index is -0.250. The van der Waals surface area contributed by atoms with Crippen LogP contribution in [0.5, 0.6) is 0 Å². The molecule has 2 aliphatic heterocycles. The van der Waals surface area contributed by atoms with Gasteiger partial charge in [0.1, 0.15) is 6.04 Å². The molecule has 2 saturated heterocycles. The van der Waals surface area contributed by atoms with Crippen molar-refractivity contribution in [2.45, 2.75) is 57.5 Å². The maximum atomic E-state index is 12.2. The van der Waals surface area contributed by atoms with Gasteiger partial charge in [-0.3, -0.25) is 9.59 Å². The molecule has 0 aliphatic carbocycles. The molecule has 0 bridgehead atoms. The Bertz CT molecular complexity index is 291. The topological polar surface area (TPSA) is 49.4 Å². The predicted molar refractivity (Wildman–Crippen MR) is 60.8 cm³/mol. The van der Waals surface area contributed by atoms with Gasteiger partial charge < -0.3 is 10.2 Å². The van der Waals surface area contributed by atoms with E-state index >= 15 is 0 Å². The second-order valence-corrected chi connectivity index (χ2v) is 4.75. The first-order chi connectivity index (χ1) is 7.72. The number of hydrogen-bond acceptors (Lipinski definition) is 2. The number of rotatable bonds is 2. The zero-order valence-electron chi connectivity index (χ0n) is 9.87. The lowest BCUT2D eigenvalue weighted by Crippen LogP contribution is -2.50. The van der Waals surface area contributed by atoms with Gasteiger partial charge in [0.2, 0.25) is 11.8 Å². The molecule has 0 aromatic rings. The summed E-state index contributed by atoms with van der Waals surface area (Å²) in [5.74, 6) is 0.154. The Balaban J connectivity index is 1.99. The van der Waals surface area contributed by atoms with Gasteiger partial charge in [0, 0.05) is 19.0 Å². The number of nitrogens with one attached hydrogen (secondary N) is 1. The van der Waals surface area contributed by atoms with E-state index in [-0.39, 0.29) is 17.9 Å². The fourth-order valence-electron chi connectivity index (χ4n) is 2.71. The molecule has 2 aliphatic rings. The van der Waals surface area contributed by atoms with Gasteiger partial charge in [-0.2, -0.15) is 0 Å². The summed E-state index contributed by atoms with van der Waals surface area (Å²) in [6.07, 6.45) is 5.63. The quantitative estimate of drug-likeness (QED) is 0.762. The lowest BCUT2D eigenvalue weighted by atomic mass is 9.99. The summed E-state index contributed by atoms with van der Waals surface area (Å²) in [5.41, 5.74) is 0. The first kappa shape index (κ1) is 11.4. The van der Waals surface area contributed by atoms with Crippen LogP contribution in [-0.2, 0) is 9.59 Å². The molecule has 2 rings (SSSR count). The number of carbonyl (C=O) groups excluding carboxylic acids is 2. The van der Waals surface area contributed by atoms with Crippen molar-refractivity contribution in [2.75, 3.05) is 6.54 Å². The van der Waals surface area contributed by atoms with Gasteiger partial charge in [0.25, 0.3) is 0 Å². The van der Waals surface area contributed by atoms with Gasteiger partial charge in [-0.25, -0.2) is 0 Å². The molecule has 4 heteroatoms. The zero-order chi connectivity index (χ0) is 11.5. The molecule has 2 fully saturated rings. The minimum absolute atomic E-state index is 0.0170. The van der Waals surface area contributed by atoms with Crippen LogP contribution < -0.4 is 5.32 Å². The van der Waals surface area contributed by atoms with Gasteiger partial charge in [-0.05, 0) is 32.1 Å². The van der Waals surface area contributed by atoms with Crippen LogP contribution in [0.2, 0.25) is 0 Å². The molecule has 16 heavy (non-hydrogen) atoms. The molecule has 4 nitrogen and oxygen atoms in total. The van der Waals surface area contributed by atoms with Crippen LogP contribution in [0.25, 0.3) is 0 Å². The second kappa shape index (κ2) is 4.85. The summed E-state index contributed by atoms with van der Waals surface area (Å²) in [4.78, 5) is 25.3. The molecule has 0 saturated carbocycles. The molecule has 90 valence electrons. The zero-order valence-corrected chi connectivity index (χ0v) is 9.87. The van der Waals surface area contributed by atoms with Gasteiger partial charge in [0.15, 0.2) is 0 Å². The maximum absolute atomic E-state index is 12.2. The fourth-order valence-corrected chi connectivity index (χ4v) is 2.71. The summed E-state index contributed by atoms with van der Waals surface area (Å²) in [6, 6.07) is 0.137. The summed E-state index contributed by atoms with van der Waals surface area (Å²) in [6.45, 7) is 2.99. The largest absolute Gasteiger partial charge is 0.344 e. The van der Waals surface area contributed by atoms with E-state index in [1.807, 2.05) is 4.90 Å². The van der Waals surface area contributed by atoms with Crippen molar-refractivity contribution in [2.24, 2.45) is 0 Å². The normalized spacial score (nSPS) is 30.3. The first-order valence-electron chi connectivity index (χ1n) is 6.32. The highest BCUT2D eigenvalue weighted by molar-refractivity contribution is 5.91. The maximum Gasteiger partial charge on any atom is 0.245 e. The van der Waals surface area contributed by atoms with Crippen LogP contribution in [-0.4, -0.2) is 35.3 Å². The van der Waals surface area contributed by atoms with E-state index < -0.39 is 0 Å². The molecular weight excluding hydrogens is 204 g/mol. The van der Waals surface area contributed by atoms with Gasteiger partial charge in [-0.15, -0.1) is 0 Å². The van der Waals surface area contributed by atoms with Crippen molar-refractivity contribution in [1.29, 1.82) is 0 Å². The average molecular weight is 224 g/mol. The molecule has 1 N–H and O–H groups in total. The van der Waals surface area contributed by atoms with E-state index in [1.165, 1.54) is 6.42 Å². The van der Waals surface area contributed by atoms with E-state index in [4.69, 9.17) is 0 Å². The predicted octanol–water partition coefficient (Wildman–Crippen LogP) is 1.06. The third kappa shape index (κ3) is 2.20. The molecular formula is C12H20N2O2. The van der Waals surface area contributed by atoms with Crippen LogP contribution in [0, 0.1) is 0 Å². The number of carbonyl (C=O) groups is 2. The Hall–Kier alpha value is -1.06. The highest BCUT2D eigenvalue weighted by Crippen LogP contribution is 2.22. The Labute approximate surface area is 96.4 Å². The van der Waals surface area contributed by atoms with Gasteiger partial charge in [-0.1, -0.05) is 6.92 Å². The highest BCUT2D eigenvalue weighted by Gasteiger charge is 2.34. The molecule has 2 unspecified atom stereocenters. The molecule has 0 aromatic carbocycles. The van der Waals surface area contributed by atoms with Gasteiger partial charge in [0.05, 0.1) is 0 Å². The van der Waals surface area contributed by atoms with Crippen LogP contribution in [0.15, 0.2) is 0 Å². The number of piperidine rings is 1. The molecule has 0 aromatic heterocycles. The number of hydrogen-bond donors (Lipinski definition) is 1. The number of likely N-dealkylation sites (tertiary alicyclic amines) is 1. The smallest absolute Gasteiger partial charge is 0.245 e. The monoisotopic (exact) mass is 224 g/mol. The summed E-state index contributed by atoms with van der Waals surface area (Å²) >= 11 is 0. The number of nitrogens with zero attached hydrogens (tertiary/aromatic N) is 1. The third-order valence-electron chi connectivity index (χ3n) is 3.67. The van der Waals surface area contributed by atoms with Gasteiger partial charge >= 0.3 is 0 Å². The summed E-state index contributed by atoms with van der Waals surface area (Å²) in [7, 11) is 0. The molecule has 0 spiro atoms. The number of amides is 2. The molecule has 0 radical (unpaired) electrons. The standard InChI is InChI=1S/C12H20N2O2/c1-2-9-5-3-4-8-14(9)12(16)10-6-7-11(15)13-10/h9-10H,2-8H2,1H3,(H,13,15). The molecule has 2 atom stereocenters.